The van der Waals surface area contributed by atoms with Gasteiger partial charge in [-0.05, 0) is 30.5 Å². The molecule has 0 unspecified atom stereocenters. The molecule has 0 aliphatic carbocycles. The molecule has 0 atom stereocenters. The van der Waals surface area contributed by atoms with Crippen molar-refractivity contribution < 1.29 is 8.42 Å². The van der Waals surface area contributed by atoms with Crippen LogP contribution in [0.3, 0.4) is 0 Å². The van der Waals surface area contributed by atoms with Gasteiger partial charge in [0.05, 0.1) is 17.4 Å². The molecule has 0 fully saturated rings. The van der Waals surface area contributed by atoms with Gasteiger partial charge in [-0.25, -0.2) is 8.42 Å². The summed E-state index contributed by atoms with van der Waals surface area (Å²) in [5.41, 5.74) is 1.49. The van der Waals surface area contributed by atoms with E-state index >= 15 is 0 Å². The Morgan fingerprint density at radius 3 is 2.26 bits per heavy atom. The van der Waals surface area contributed by atoms with Crippen molar-refractivity contribution >= 4 is 10.0 Å². The third-order valence-corrected chi connectivity index (χ3v) is 4.79. The van der Waals surface area contributed by atoms with Crippen molar-refractivity contribution in [2.75, 3.05) is 12.3 Å². The fourth-order valence-electron chi connectivity index (χ4n) is 1.84. The average Bonchev–Trinajstić information content (AvgIpc) is 2.39. The zero-order valence-electron chi connectivity index (χ0n) is 11.5. The SMILES string of the molecule is CCCN(Cc1ccc(C#N)cc1)S(=O)(=O)CCC. The van der Waals surface area contributed by atoms with Crippen LogP contribution in [0, 0.1) is 11.3 Å². The van der Waals surface area contributed by atoms with Crippen molar-refractivity contribution in [1.29, 1.82) is 5.26 Å². The van der Waals surface area contributed by atoms with Crippen LogP contribution in [0.5, 0.6) is 0 Å². The minimum Gasteiger partial charge on any atom is -0.212 e. The number of hydrogen-bond acceptors (Lipinski definition) is 3. The van der Waals surface area contributed by atoms with Gasteiger partial charge in [-0.15, -0.1) is 0 Å². The van der Waals surface area contributed by atoms with Gasteiger partial charge in [-0.3, -0.25) is 0 Å². The molecular formula is C14H20N2O2S. The first-order valence-electron chi connectivity index (χ1n) is 6.50. The third kappa shape index (κ3) is 4.66. The van der Waals surface area contributed by atoms with E-state index in [1.54, 1.807) is 12.1 Å². The van der Waals surface area contributed by atoms with E-state index < -0.39 is 10.0 Å². The average molecular weight is 280 g/mol. The second-order valence-electron chi connectivity index (χ2n) is 4.46. The van der Waals surface area contributed by atoms with E-state index in [-0.39, 0.29) is 5.75 Å². The molecule has 0 spiro atoms. The first-order chi connectivity index (χ1) is 9.03. The molecule has 0 saturated carbocycles. The summed E-state index contributed by atoms with van der Waals surface area (Å²) in [5, 5.41) is 8.74. The van der Waals surface area contributed by atoms with Crippen molar-refractivity contribution in [2.24, 2.45) is 0 Å². The Kier molecular flexibility index (Phi) is 6.00. The second-order valence-corrected chi connectivity index (χ2v) is 6.55. The van der Waals surface area contributed by atoms with Crippen molar-refractivity contribution in [1.82, 2.24) is 4.31 Å². The van der Waals surface area contributed by atoms with Gasteiger partial charge < -0.3 is 0 Å². The summed E-state index contributed by atoms with van der Waals surface area (Å²) in [6.07, 6.45) is 1.41. The van der Waals surface area contributed by atoms with Gasteiger partial charge in [0, 0.05) is 13.1 Å². The molecule has 1 aromatic rings. The van der Waals surface area contributed by atoms with E-state index in [4.69, 9.17) is 5.26 Å². The summed E-state index contributed by atoms with van der Waals surface area (Å²) < 4.78 is 25.8. The summed E-state index contributed by atoms with van der Waals surface area (Å²) in [5.74, 6) is 0.184. The second kappa shape index (κ2) is 7.27. The van der Waals surface area contributed by atoms with Crippen molar-refractivity contribution in [3.05, 3.63) is 35.4 Å². The monoisotopic (exact) mass is 280 g/mol. The third-order valence-electron chi connectivity index (χ3n) is 2.77. The van der Waals surface area contributed by atoms with E-state index in [1.807, 2.05) is 26.0 Å². The summed E-state index contributed by atoms with van der Waals surface area (Å²) >= 11 is 0. The van der Waals surface area contributed by atoms with Crippen LogP contribution in [-0.2, 0) is 16.6 Å². The molecule has 0 amide bonds. The van der Waals surface area contributed by atoms with Gasteiger partial charge in [0.2, 0.25) is 10.0 Å². The number of sulfonamides is 1. The fraction of sp³-hybridized carbons (Fsp3) is 0.500. The normalized spacial score (nSPS) is 11.5. The maximum Gasteiger partial charge on any atom is 0.214 e. The molecule has 0 aromatic heterocycles. The lowest BCUT2D eigenvalue weighted by Gasteiger charge is -2.21. The lowest BCUT2D eigenvalue weighted by Crippen LogP contribution is -2.33. The lowest BCUT2D eigenvalue weighted by molar-refractivity contribution is 0.405. The Labute approximate surface area is 115 Å². The fourth-order valence-corrected chi connectivity index (χ4v) is 3.42. The maximum absolute atomic E-state index is 12.1. The quantitative estimate of drug-likeness (QED) is 0.771. The molecule has 0 N–H and O–H groups in total. The van der Waals surface area contributed by atoms with Crippen molar-refractivity contribution in [3.8, 4) is 6.07 Å². The summed E-state index contributed by atoms with van der Waals surface area (Å²) in [6, 6.07) is 9.10. The van der Waals surface area contributed by atoms with Gasteiger partial charge in [-0.2, -0.15) is 9.57 Å². The highest BCUT2D eigenvalue weighted by Crippen LogP contribution is 2.12. The highest BCUT2D eigenvalue weighted by atomic mass is 32.2. The van der Waals surface area contributed by atoms with Crippen LogP contribution < -0.4 is 0 Å². The molecule has 0 aliphatic heterocycles. The molecule has 0 bridgehead atoms. The Balaban J connectivity index is 2.86. The van der Waals surface area contributed by atoms with Crippen molar-refractivity contribution in [2.45, 2.75) is 33.2 Å². The Hall–Kier alpha value is -1.38. The molecule has 5 heteroatoms. The van der Waals surface area contributed by atoms with E-state index in [2.05, 4.69) is 6.07 Å². The minimum absolute atomic E-state index is 0.184. The lowest BCUT2D eigenvalue weighted by atomic mass is 10.1. The van der Waals surface area contributed by atoms with Gasteiger partial charge in [-0.1, -0.05) is 26.0 Å². The molecular weight excluding hydrogens is 260 g/mol. The highest BCUT2D eigenvalue weighted by Gasteiger charge is 2.20. The van der Waals surface area contributed by atoms with Gasteiger partial charge in [0.25, 0.3) is 0 Å². The van der Waals surface area contributed by atoms with Crippen molar-refractivity contribution in [3.63, 3.8) is 0 Å². The standard InChI is InChI=1S/C14H20N2O2S/c1-3-9-16(19(17,18)10-4-2)12-14-7-5-13(11-15)6-8-14/h5-8H,3-4,9-10,12H2,1-2H3. The van der Waals surface area contributed by atoms with Crippen LogP contribution in [0.2, 0.25) is 0 Å². The topological polar surface area (TPSA) is 61.2 Å². The molecule has 1 rings (SSSR count). The Morgan fingerprint density at radius 2 is 1.79 bits per heavy atom. The number of benzene rings is 1. The predicted octanol–water partition coefficient (Wildman–Crippen LogP) is 2.51. The van der Waals surface area contributed by atoms with Crippen LogP contribution in [0.25, 0.3) is 0 Å². The molecule has 104 valence electrons. The zero-order valence-corrected chi connectivity index (χ0v) is 12.3. The largest absolute Gasteiger partial charge is 0.214 e. The summed E-state index contributed by atoms with van der Waals surface area (Å²) in [6.45, 7) is 4.74. The number of nitriles is 1. The van der Waals surface area contributed by atoms with Crippen LogP contribution >= 0.6 is 0 Å². The Bertz CT molecular complexity index is 530. The zero-order chi connectivity index (χ0) is 14.3. The molecule has 19 heavy (non-hydrogen) atoms. The number of nitrogens with zero attached hydrogens (tertiary/aromatic N) is 2. The predicted molar refractivity (Wildman–Crippen MR) is 75.9 cm³/mol. The van der Waals surface area contributed by atoms with E-state index in [0.29, 0.717) is 25.1 Å². The maximum atomic E-state index is 12.1. The van der Waals surface area contributed by atoms with Crippen LogP contribution in [0.1, 0.15) is 37.8 Å². The van der Waals surface area contributed by atoms with Crippen LogP contribution in [0.15, 0.2) is 24.3 Å². The van der Waals surface area contributed by atoms with Gasteiger partial charge in [0.15, 0.2) is 0 Å². The Morgan fingerprint density at radius 1 is 1.16 bits per heavy atom. The first-order valence-corrected chi connectivity index (χ1v) is 8.11. The highest BCUT2D eigenvalue weighted by molar-refractivity contribution is 7.89. The van der Waals surface area contributed by atoms with Gasteiger partial charge in [0.1, 0.15) is 0 Å². The molecule has 0 saturated heterocycles. The number of hydrogen-bond donors (Lipinski definition) is 0. The van der Waals surface area contributed by atoms with Gasteiger partial charge >= 0.3 is 0 Å². The van der Waals surface area contributed by atoms with Crippen LogP contribution in [0.4, 0.5) is 0 Å². The minimum atomic E-state index is -3.18. The molecule has 0 radical (unpaired) electrons. The molecule has 0 aliphatic rings. The number of rotatable bonds is 7. The molecule has 1 aromatic carbocycles. The molecule has 0 heterocycles. The summed E-state index contributed by atoms with van der Waals surface area (Å²) in [4.78, 5) is 0. The summed E-state index contributed by atoms with van der Waals surface area (Å²) in [7, 11) is -3.18. The smallest absolute Gasteiger partial charge is 0.212 e. The van der Waals surface area contributed by atoms with E-state index in [9.17, 15) is 8.42 Å². The molecule has 4 nitrogen and oxygen atoms in total. The van der Waals surface area contributed by atoms with E-state index in [0.717, 1.165) is 12.0 Å². The first kappa shape index (κ1) is 15.7. The van der Waals surface area contributed by atoms with E-state index in [1.165, 1.54) is 4.31 Å². The van der Waals surface area contributed by atoms with Crippen LogP contribution in [-0.4, -0.2) is 25.0 Å².